The molecule has 0 bridgehead atoms. The van der Waals surface area contributed by atoms with Gasteiger partial charge in [-0.05, 0) is 87.6 Å². The minimum absolute atomic E-state index is 1.16. The van der Waals surface area contributed by atoms with E-state index in [-0.39, 0.29) is 0 Å². The Kier molecular flexibility index (Phi) is 6.95. The molecule has 0 aliphatic heterocycles. The van der Waals surface area contributed by atoms with Crippen LogP contribution in [-0.4, -0.2) is 13.5 Å². The van der Waals surface area contributed by atoms with Gasteiger partial charge in [0.2, 0.25) is 0 Å². The van der Waals surface area contributed by atoms with Crippen molar-refractivity contribution in [3.63, 3.8) is 0 Å². The monoisotopic (exact) mass is 823 g/mol. The molecular formula is C62H37N3. The summed E-state index contributed by atoms with van der Waals surface area (Å²) in [5, 5.41) is 15.1. The molecule has 0 spiro atoms. The molecule has 0 saturated heterocycles. The molecule has 65 heavy (non-hydrogen) atoms. The van der Waals surface area contributed by atoms with Gasteiger partial charge in [-0.1, -0.05) is 170 Å². The van der Waals surface area contributed by atoms with Crippen molar-refractivity contribution in [3.8, 4) is 33.6 Å². The Morgan fingerprint density at radius 1 is 0.231 bits per heavy atom. The van der Waals surface area contributed by atoms with Gasteiger partial charge in [0.25, 0.3) is 0 Å². The molecular weight excluding hydrogens is 787 g/mol. The second-order valence-corrected chi connectivity index (χ2v) is 17.6. The fourth-order valence-electron chi connectivity index (χ4n) is 11.6. The molecule has 15 aromatic rings. The molecule has 0 N–H and O–H groups in total. The zero-order chi connectivity index (χ0) is 42.3. The number of nitrogens with zero attached hydrogens (tertiary/aromatic N) is 3. The fraction of sp³-hybridized carbons (Fsp3) is 0. The van der Waals surface area contributed by atoms with E-state index in [1.54, 1.807) is 0 Å². The number of para-hydroxylation sites is 4. The molecule has 4 heterocycles. The fourth-order valence-corrected chi connectivity index (χ4v) is 11.6. The van der Waals surface area contributed by atoms with Gasteiger partial charge in [-0.25, -0.2) is 0 Å². The Morgan fingerprint density at radius 2 is 0.677 bits per heavy atom. The Bertz CT molecular complexity index is 4410. The van der Waals surface area contributed by atoms with Crippen molar-refractivity contribution < 1.29 is 0 Å². The van der Waals surface area contributed by atoms with Crippen LogP contribution in [0.15, 0.2) is 224 Å². The molecule has 300 valence electrons. The van der Waals surface area contributed by atoms with Gasteiger partial charge in [0.05, 0.1) is 44.3 Å². The maximum Gasteiger partial charge on any atom is 0.0620 e. The molecule has 0 radical (unpaired) electrons. The lowest BCUT2D eigenvalue weighted by molar-refractivity contribution is 1.18. The van der Waals surface area contributed by atoms with Crippen LogP contribution < -0.4 is 0 Å². The normalized spacial score (nSPS) is 12.3. The van der Waals surface area contributed by atoms with Crippen LogP contribution in [0.4, 0.5) is 0 Å². The van der Waals surface area contributed by atoms with Crippen LogP contribution in [0.25, 0.3) is 137 Å². The third-order valence-electron chi connectivity index (χ3n) is 14.3. The van der Waals surface area contributed by atoms with Crippen molar-refractivity contribution in [2.24, 2.45) is 0 Å². The summed E-state index contributed by atoms with van der Waals surface area (Å²) < 4.78 is 7.44. The zero-order valence-electron chi connectivity index (χ0n) is 35.2. The van der Waals surface area contributed by atoms with E-state index in [0.717, 1.165) is 5.69 Å². The van der Waals surface area contributed by atoms with Crippen molar-refractivity contribution in [1.82, 2.24) is 13.5 Å². The molecule has 3 heteroatoms. The SMILES string of the molecule is c1ccc(-c2c3ccccc3c(-n3c4ccccc4c4cc(-c5ccc6c(c5)c5ccccc5n6-c5ccc6c7cccc8c9ccccc9n(c6c5)c87)ccc43)c3ccccc23)cc1. The first-order valence-electron chi connectivity index (χ1n) is 22.5. The third kappa shape index (κ3) is 4.68. The lowest BCUT2D eigenvalue weighted by Gasteiger charge is -2.19. The molecule has 0 fully saturated rings. The first-order valence-corrected chi connectivity index (χ1v) is 22.5. The Morgan fingerprint density at radius 3 is 1.29 bits per heavy atom. The molecule has 3 nitrogen and oxygen atoms in total. The second-order valence-electron chi connectivity index (χ2n) is 17.6. The van der Waals surface area contributed by atoms with Gasteiger partial charge in [0.1, 0.15) is 0 Å². The van der Waals surface area contributed by atoms with Gasteiger partial charge in [0.15, 0.2) is 0 Å². The van der Waals surface area contributed by atoms with Crippen molar-refractivity contribution in [2.75, 3.05) is 0 Å². The van der Waals surface area contributed by atoms with E-state index in [9.17, 15) is 0 Å². The predicted octanol–water partition coefficient (Wildman–Crippen LogP) is 16.7. The third-order valence-corrected chi connectivity index (χ3v) is 14.3. The zero-order valence-corrected chi connectivity index (χ0v) is 35.2. The van der Waals surface area contributed by atoms with Gasteiger partial charge in [-0.2, -0.15) is 0 Å². The summed E-state index contributed by atoms with van der Waals surface area (Å²) in [6.45, 7) is 0. The smallest absolute Gasteiger partial charge is 0.0620 e. The molecule has 15 rings (SSSR count). The second kappa shape index (κ2) is 12.9. The molecule has 0 unspecified atom stereocenters. The number of hydrogen-bond donors (Lipinski definition) is 0. The van der Waals surface area contributed by atoms with E-state index in [1.165, 1.54) is 131 Å². The van der Waals surface area contributed by atoms with Crippen molar-refractivity contribution in [3.05, 3.63) is 224 Å². The van der Waals surface area contributed by atoms with Crippen molar-refractivity contribution >= 4 is 103 Å². The maximum absolute atomic E-state index is 2.52. The highest BCUT2D eigenvalue weighted by Gasteiger charge is 2.22. The number of benzene rings is 11. The highest BCUT2D eigenvalue weighted by Crippen LogP contribution is 2.46. The van der Waals surface area contributed by atoms with E-state index in [4.69, 9.17) is 0 Å². The van der Waals surface area contributed by atoms with Crippen LogP contribution >= 0.6 is 0 Å². The quantitative estimate of drug-likeness (QED) is 0.157. The standard InChI is InChI=1S/C62H37N3/c1-2-15-38(16-3-1)60-46-20-4-6-22-50(46)62(51-23-7-5-21-47(51)60)64-56-28-13-10-19-44(56)53-36-40(30-34-58(53)64)39-29-33-57-52(35-39)43-18-9-11-26-54(43)63(57)41-31-32-45-49-25-14-24-48-42-17-8-12-27-55(42)65(61(48)49)59(45)37-41/h1-37H. The van der Waals surface area contributed by atoms with Gasteiger partial charge in [-0.3, -0.25) is 0 Å². The number of aromatic nitrogens is 3. The Labute approximate surface area is 373 Å². The van der Waals surface area contributed by atoms with Gasteiger partial charge >= 0.3 is 0 Å². The van der Waals surface area contributed by atoms with E-state index >= 15 is 0 Å². The van der Waals surface area contributed by atoms with E-state index in [0.29, 0.717) is 0 Å². The molecule has 0 amide bonds. The summed E-state index contributed by atoms with van der Waals surface area (Å²) in [4.78, 5) is 0. The lowest BCUT2D eigenvalue weighted by atomic mass is 9.90. The Hall–Kier alpha value is -8.66. The molecule has 11 aromatic carbocycles. The molecule has 0 aliphatic rings. The Balaban J connectivity index is 0.930. The summed E-state index contributed by atoms with van der Waals surface area (Å²) in [6, 6.07) is 83.2. The first-order chi connectivity index (χ1) is 32.3. The molecule has 0 saturated carbocycles. The summed E-state index contributed by atoms with van der Waals surface area (Å²) in [6.07, 6.45) is 0. The maximum atomic E-state index is 2.52. The average Bonchev–Trinajstić information content (AvgIpc) is 4.10. The van der Waals surface area contributed by atoms with Gasteiger partial charge < -0.3 is 13.5 Å². The minimum Gasteiger partial charge on any atom is -0.309 e. The topological polar surface area (TPSA) is 14.3 Å². The van der Waals surface area contributed by atoms with Crippen LogP contribution in [0, 0.1) is 0 Å². The van der Waals surface area contributed by atoms with Gasteiger partial charge in [0, 0.05) is 59.5 Å². The van der Waals surface area contributed by atoms with Crippen molar-refractivity contribution in [1.29, 1.82) is 0 Å². The summed E-state index contributed by atoms with van der Waals surface area (Å²) in [5.74, 6) is 0. The summed E-state index contributed by atoms with van der Waals surface area (Å²) in [7, 11) is 0. The summed E-state index contributed by atoms with van der Waals surface area (Å²) >= 11 is 0. The van der Waals surface area contributed by atoms with E-state index < -0.39 is 0 Å². The molecule has 0 atom stereocenters. The molecule has 4 aromatic heterocycles. The average molecular weight is 824 g/mol. The molecule has 0 aliphatic carbocycles. The number of hydrogen-bond acceptors (Lipinski definition) is 0. The number of fused-ring (bicyclic) bond motifs is 14. The van der Waals surface area contributed by atoms with Gasteiger partial charge in [-0.15, -0.1) is 0 Å². The van der Waals surface area contributed by atoms with Crippen LogP contribution in [0.1, 0.15) is 0 Å². The van der Waals surface area contributed by atoms with Crippen LogP contribution in [0.3, 0.4) is 0 Å². The largest absolute Gasteiger partial charge is 0.309 e. The predicted molar refractivity (Wildman–Crippen MR) is 276 cm³/mol. The van der Waals surface area contributed by atoms with E-state index in [1.807, 2.05) is 0 Å². The first kappa shape index (κ1) is 34.9. The van der Waals surface area contributed by atoms with Crippen LogP contribution in [0.2, 0.25) is 0 Å². The van der Waals surface area contributed by atoms with Crippen LogP contribution in [0.5, 0.6) is 0 Å². The highest BCUT2D eigenvalue weighted by molar-refractivity contribution is 6.24. The minimum atomic E-state index is 1.16. The van der Waals surface area contributed by atoms with Crippen LogP contribution in [-0.2, 0) is 0 Å². The lowest BCUT2D eigenvalue weighted by Crippen LogP contribution is -1.99. The van der Waals surface area contributed by atoms with Crippen molar-refractivity contribution in [2.45, 2.75) is 0 Å². The summed E-state index contributed by atoms with van der Waals surface area (Å²) in [5.41, 5.74) is 15.9. The van der Waals surface area contributed by atoms with E-state index in [2.05, 4.69) is 238 Å². The number of rotatable bonds is 4. The highest BCUT2D eigenvalue weighted by atomic mass is 15.0.